The van der Waals surface area contributed by atoms with Crippen LogP contribution in [0.25, 0.3) is 11.3 Å². The zero-order chi connectivity index (χ0) is 13.2. The number of benzene rings is 1. The van der Waals surface area contributed by atoms with Crippen LogP contribution in [0.1, 0.15) is 38.1 Å². The lowest BCUT2D eigenvalue weighted by Crippen LogP contribution is -2.10. The molecule has 0 bridgehead atoms. The molecule has 4 heteroatoms. The molecule has 1 aliphatic rings. The number of rotatable bonds is 2. The van der Waals surface area contributed by atoms with E-state index in [2.05, 4.69) is 9.55 Å². The number of hydrogen-bond acceptors (Lipinski definition) is 1. The maximum Gasteiger partial charge on any atom is 0.159 e. The largest absolute Gasteiger partial charge is 0.334 e. The molecule has 1 fully saturated rings. The summed E-state index contributed by atoms with van der Waals surface area (Å²) in [6.07, 6.45) is 9.89. The maximum atomic E-state index is 13.2. The average molecular weight is 262 g/mol. The first-order valence-electron chi connectivity index (χ1n) is 6.73. The van der Waals surface area contributed by atoms with Crippen LogP contribution in [-0.2, 0) is 0 Å². The van der Waals surface area contributed by atoms with E-state index in [-0.39, 0.29) is 0 Å². The van der Waals surface area contributed by atoms with E-state index >= 15 is 0 Å². The van der Waals surface area contributed by atoms with Crippen LogP contribution in [0, 0.1) is 11.6 Å². The van der Waals surface area contributed by atoms with Gasteiger partial charge in [0.2, 0.25) is 0 Å². The van der Waals surface area contributed by atoms with Gasteiger partial charge < -0.3 is 4.57 Å². The molecule has 1 aliphatic carbocycles. The van der Waals surface area contributed by atoms with E-state index < -0.39 is 11.6 Å². The first-order chi connectivity index (χ1) is 9.24. The third kappa shape index (κ3) is 2.53. The fourth-order valence-electron chi connectivity index (χ4n) is 2.72. The van der Waals surface area contributed by atoms with Gasteiger partial charge in [-0.25, -0.2) is 13.8 Å². The van der Waals surface area contributed by atoms with Crippen molar-refractivity contribution >= 4 is 0 Å². The van der Waals surface area contributed by atoms with E-state index in [0.717, 1.165) is 6.07 Å². The van der Waals surface area contributed by atoms with Crippen molar-refractivity contribution in [1.29, 1.82) is 0 Å². The highest BCUT2D eigenvalue weighted by atomic mass is 19.2. The summed E-state index contributed by atoms with van der Waals surface area (Å²) in [6.45, 7) is 0. The Labute approximate surface area is 111 Å². The van der Waals surface area contributed by atoms with E-state index in [1.807, 2.05) is 6.20 Å². The fraction of sp³-hybridized carbons (Fsp3) is 0.400. The van der Waals surface area contributed by atoms with Crippen LogP contribution in [0.5, 0.6) is 0 Å². The molecule has 0 atom stereocenters. The lowest BCUT2D eigenvalue weighted by molar-refractivity contribution is 0.353. The van der Waals surface area contributed by atoms with Crippen LogP contribution in [0.3, 0.4) is 0 Å². The topological polar surface area (TPSA) is 17.8 Å². The van der Waals surface area contributed by atoms with Crippen LogP contribution in [0.2, 0.25) is 0 Å². The van der Waals surface area contributed by atoms with Crippen molar-refractivity contribution in [2.24, 2.45) is 0 Å². The van der Waals surface area contributed by atoms with Gasteiger partial charge in [-0.05, 0) is 31.0 Å². The SMILES string of the molecule is Fc1ccc(-c2cn(C3CCCCC3)cn2)cc1F. The van der Waals surface area contributed by atoms with E-state index in [0.29, 0.717) is 17.3 Å². The van der Waals surface area contributed by atoms with Crippen LogP contribution in [-0.4, -0.2) is 9.55 Å². The Morgan fingerprint density at radius 3 is 2.58 bits per heavy atom. The van der Waals surface area contributed by atoms with Crippen LogP contribution < -0.4 is 0 Å². The third-order valence-corrected chi connectivity index (χ3v) is 3.81. The zero-order valence-electron chi connectivity index (χ0n) is 10.6. The van der Waals surface area contributed by atoms with Crippen LogP contribution in [0.15, 0.2) is 30.7 Å². The number of imidazole rings is 1. The van der Waals surface area contributed by atoms with Gasteiger partial charge in [-0.3, -0.25) is 0 Å². The van der Waals surface area contributed by atoms with Gasteiger partial charge in [0.05, 0.1) is 12.0 Å². The molecule has 100 valence electrons. The number of halogens is 2. The lowest BCUT2D eigenvalue weighted by Gasteiger charge is -2.22. The van der Waals surface area contributed by atoms with Crippen LogP contribution in [0.4, 0.5) is 8.78 Å². The summed E-state index contributed by atoms with van der Waals surface area (Å²) in [5, 5.41) is 0. The van der Waals surface area contributed by atoms with Crippen molar-refractivity contribution in [3.63, 3.8) is 0 Å². The quantitative estimate of drug-likeness (QED) is 0.787. The maximum absolute atomic E-state index is 13.2. The normalized spacial score (nSPS) is 16.7. The Bertz CT molecular complexity index is 571. The summed E-state index contributed by atoms with van der Waals surface area (Å²) in [4.78, 5) is 4.31. The van der Waals surface area contributed by atoms with Crippen molar-refractivity contribution in [3.8, 4) is 11.3 Å². The zero-order valence-corrected chi connectivity index (χ0v) is 10.6. The summed E-state index contributed by atoms with van der Waals surface area (Å²) in [7, 11) is 0. The Morgan fingerprint density at radius 1 is 1.05 bits per heavy atom. The molecular formula is C15H16F2N2. The molecule has 2 aromatic rings. The minimum atomic E-state index is -0.829. The van der Waals surface area contributed by atoms with Crippen LogP contribution >= 0.6 is 0 Å². The summed E-state index contributed by atoms with van der Waals surface area (Å²) in [5.74, 6) is -1.65. The Hall–Kier alpha value is -1.71. The summed E-state index contributed by atoms with van der Waals surface area (Å²) >= 11 is 0. The predicted octanol–water partition coefficient (Wildman–Crippen LogP) is 4.33. The first kappa shape index (κ1) is 12.3. The molecule has 3 rings (SSSR count). The molecule has 1 saturated carbocycles. The number of hydrogen-bond donors (Lipinski definition) is 0. The number of aromatic nitrogens is 2. The van der Waals surface area contributed by atoms with Crippen molar-refractivity contribution in [1.82, 2.24) is 9.55 Å². The second-order valence-electron chi connectivity index (χ2n) is 5.13. The summed E-state index contributed by atoms with van der Waals surface area (Å²) < 4.78 is 28.2. The average Bonchev–Trinajstić information content (AvgIpc) is 2.93. The second-order valence-corrected chi connectivity index (χ2v) is 5.13. The standard InChI is InChI=1S/C15H16F2N2/c16-13-7-6-11(8-14(13)17)15-9-19(10-18-15)12-4-2-1-3-5-12/h6-10,12H,1-5H2. The van der Waals surface area contributed by atoms with E-state index in [9.17, 15) is 8.78 Å². The minimum Gasteiger partial charge on any atom is -0.334 e. The molecule has 2 nitrogen and oxygen atoms in total. The van der Waals surface area contributed by atoms with Gasteiger partial charge in [0.15, 0.2) is 11.6 Å². The third-order valence-electron chi connectivity index (χ3n) is 3.81. The van der Waals surface area contributed by atoms with E-state index in [4.69, 9.17) is 0 Å². The summed E-state index contributed by atoms with van der Waals surface area (Å²) in [5.41, 5.74) is 1.32. The van der Waals surface area contributed by atoms with Gasteiger partial charge in [0.1, 0.15) is 0 Å². The van der Waals surface area contributed by atoms with Gasteiger partial charge in [-0.2, -0.15) is 0 Å². The lowest BCUT2D eigenvalue weighted by atomic mass is 9.95. The van der Waals surface area contributed by atoms with Gasteiger partial charge in [-0.15, -0.1) is 0 Å². The molecule has 1 aromatic carbocycles. The van der Waals surface area contributed by atoms with Crippen molar-refractivity contribution in [3.05, 3.63) is 42.4 Å². The van der Waals surface area contributed by atoms with Gasteiger partial charge in [0.25, 0.3) is 0 Å². The van der Waals surface area contributed by atoms with Gasteiger partial charge >= 0.3 is 0 Å². The van der Waals surface area contributed by atoms with Gasteiger partial charge in [-0.1, -0.05) is 19.3 Å². The first-order valence-corrected chi connectivity index (χ1v) is 6.73. The van der Waals surface area contributed by atoms with E-state index in [1.165, 1.54) is 38.2 Å². The molecule has 0 unspecified atom stereocenters. The molecule has 0 amide bonds. The summed E-state index contributed by atoms with van der Waals surface area (Å²) in [6, 6.07) is 4.40. The highest BCUT2D eigenvalue weighted by molar-refractivity contribution is 5.58. The monoisotopic (exact) mass is 262 g/mol. The second kappa shape index (κ2) is 5.11. The van der Waals surface area contributed by atoms with Gasteiger partial charge in [0, 0.05) is 17.8 Å². The Balaban J connectivity index is 1.85. The van der Waals surface area contributed by atoms with Crippen molar-refractivity contribution in [2.45, 2.75) is 38.1 Å². The molecule has 1 aromatic heterocycles. The fourth-order valence-corrected chi connectivity index (χ4v) is 2.72. The Kier molecular flexibility index (Phi) is 3.32. The molecule has 0 spiro atoms. The molecule has 0 radical (unpaired) electrons. The Morgan fingerprint density at radius 2 is 1.84 bits per heavy atom. The molecule has 0 aliphatic heterocycles. The van der Waals surface area contributed by atoms with Crippen molar-refractivity contribution < 1.29 is 8.78 Å². The molecule has 0 N–H and O–H groups in total. The predicted molar refractivity (Wildman–Crippen MR) is 69.7 cm³/mol. The smallest absolute Gasteiger partial charge is 0.159 e. The van der Waals surface area contributed by atoms with E-state index in [1.54, 1.807) is 12.4 Å². The van der Waals surface area contributed by atoms with Crippen molar-refractivity contribution in [2.75, 3.05) is 0 Å². The molecule has 19 heavy (non-hydrogen) atoms. The highest BCUT2D eigenvalue weighted by Gasteiger charge is 2.16. The molecular weight excluding hydrogens is 246 g/mol. The minimum absolute atomic E-state index is 0.500. The molecule has 0 saturated heterocycles. The number of nitrogens with zero attached hydrogens (tertiary/aromatic N) is 2. The highest BCUT2D eigenvalue weighted by Crippen LogP contribution is 2.29. The molecule has 1 heterocycles.